The van der Waals surface area contributed by atoms with Crippen molar-refractivity contribution in [1.82, 2.24) is 4.98 Å². The summed E-state index contributed by atoms with van der Waals surface area (Å²) in [7, 11) is 0. The maximum absolute atomic E-state index is 11.7. The number of hydrogen-bond donors (Lipinski definition) is 2. The van der Waals surface area contributed by atoms with Crippen LogP contribution < -0.4 is 16.0 Å². The average Bonchev–Trinajstić information content (AvgIpc) is 2.15. The first-order chi connectivity index (χ1) is 6.22. The number of nitrogens with one attached hydrogen (secondary N) is 1. The molecule has 0 atom stereocenters. The third-order valence-corrected chi connectivity index (χ3v) is 1.26. The van der Waals surface area contributed by atoms with Gasteiger partial charge in [-0.15, -0.1) is 0 Å². The Kier molecular flexibility index (Phi) is 3.39. The summed E-state index contributed by atoms with van der Waals surface area (Å²) in [6.45, 7) is -0.631. The smallest absolute Gasteiger partial charge is 0.272 e. The van der Waals surface area contributed by atoms with Crippen LogP contribution in [0.2, 0.25) is 0 Å². The first-order valence-electron chi connectivity index (χ1n) is 3.56. The van der Waals surface area contributed by atoms with Gasteiger partial charge in [0.2, 0.25) is 0 Å². The third kappa shape index (κ3) is 3.20. The highest BCUT2D eigenvalue weighted by Gasteiger charge is 2.03. The van der Waals surface area contributed by atoms with E-state index in [0.29, 0.717) is 11.6 Å². The quantitative estimate of drug-likeness (QED) is 0.548. The Morgan fingerprint density at radius 1 is 1.62 bits per heavy atom. The molecule has 0 aliphatic heterocycles. The first-order valence-corrected chi connectivity index (χ1v) is 3.56. The monoisotopic (exact) mass is 189 g/mol. The van der Waals surface area contributed by atoms with Gasteiger partial charge in [-0.1, -0.05) is 0 Å². The van der Waals surface area contributed by atoms with Crippen LogP contribution in [0.15, 0.2) is 18.3 Å². The molecule has 3 N–H and O–H groups in total. The maximum atomic E-state index is 11.7. The van der Waals surface area contributed by atoms with Crippen molar-refractivity contribution in [2.24, 2.45) is 5.84 Å². The zero-order valence-electron chi connectivity index (χ0n) is 6.71. The molecule has 72 valence electrons. The number of rotatable bonds is 4. The number of nitrogens with zero attached hydrogens (tertiary/aromatic N) is 1. The van der Waals surface area contributed by atoms with Crippen molar-refractivity contribution in [2.45, 2.75) is 6.43 Å². The highest BCUT2D eigenvalue weighted by Crippen LogP contribution is 2.13. The van der Waals surface area contributed by atoms with E-state index >= 15 is 0 Å². The number of pyridine rings is 1. The average molecular weight is 189 g/mol. The molecule has 4 nitrogen and oxygen atoms in total. The lowest BCUT2D eigenvalue weighted by atomic mass is 10.4. The van der Waals surface area contributed by atoms with Gasteiger partial charge in [0.15, 0.2) is 0 Å². The van der Waals surface area contributed by atoms with Crippen molar-refractivity contribution in [1.29, 1.82) is 0 Å². The zero-order chi connectivity index (χ0) is 9.68. The molecule has 0 radical (unpaired) electrons. The van der Waals surface area contributed by atoms with Crippen LogP contribution in [0, 0.1) is 0 Å². The van der Waals surface area contributed by atoms with E-state index in [0.717, 1.165) is 0 Å². The minimum Gasteiger partial charge on any atom is -0.487 e. The highest BCUT2D eigenvalue weighted by molar-refractivity contribution is 5.39. The van der Waals surface area contributed by atoms with Crippen LogP contribution in [0.1, 0.15) is 0 Å². The van der Waals surface area contributed by atoms with Crippen LogP contribution in [0.4, 0.5) is 14.6 Å². The molecule has 1 aromatic rings. The summed E-state index contributed by atoms with van der Waals surface area (Å²) < 4.78 is 28.2. The molecule has 0 aliphatic carbocycles. The van der Waals surface area contributed by atoms with Crippen LogP contribution in [0.5, 0.6) is 5.75 Å². The van der Waals surface area contributed by atoms with E-state index in [4.69, 9.17) is 10.6 Å². The van der Waals surface area contributed by atoms with Gasteiger partial charge in [-0.05, 0) is 6.07 Å². The minimum absolute atomic E-state index is 0.309. The van der Waals surface area contributed by atoms with E-state index in [1.165, 1.54) is 18.3 Å². The van der Waals surface area contributed by atoms with Gasteiger partial charge in [0, 0.05) is 12.3 Å². The van der Waals surface area contributed by atoms with Crippen LogP contribution in [0.3, 0.4) is 0 Å². The Labute approximate surface area is 73.7 Å². The number of hydrazine groups is 1. The second-order valence-corrected chi connectivity index (χ2v) is 2.22. The number of anilines is 1. The van der Waals surface area contributed by atoms with E-state index in [9.17, 15) is 8.78 Å². The summed E-state index contributed by atoms with van der Waals surface area (Å²) in [6.07, 6.45) is -1.07. The lowest BCUT2D eigenvalue weighted by Gasteiger charge is -2.05. The zero-order valence-corrected chi connectivity index (χ0v) is 6.71. The Bertz CT molecular complexity index is 270. The van der Waals surface area contributed by atoms with Gasteiger partial charge in [0.1, 0.15) is 18.2 Å². The van der Waals surface area contributed by atoms with Gasteiger partial charge in [-0.3, -0.25) is 0 Å². The molecule has 0 fully saturated rings. The number of nitrogen functional groups attached to an aromatic ring is 1. The minimum atomic E-state index is -2.48. The Morgan fingerprint density at radius 3 is 3.00 bits per heavy atom. The van der Waals surface area contributed by atoms with Crippen molar-refractivity contribution in [3.8, 4) is 5.75 Å². The van der Waals surface area contributed by atoms with Gasteiger partial charge in [-0.25, -0.2) is 19.6 Å². The fourth-order valence-electron chi connectivity index (χ4n) is 0.739. The van der Waals surface area contributed by atoms with E-state index in [1.54, 1.807) is 0 Å². The summed E-state index contributed by atoms with van der Waals surface area (Å²) in [5, 5.41) is 0. The molecule has 0 saturated heterocycles. The van der Waals surface area contributed by atoms with Crippen molar-refractivity contribution in [3.63, 3.8) is 0 Å². The van der Waals surface area contributed by atoms with Crippen LogP contribution >= 0.6 is 0 Å². The Balaban J connectivity index is 2.56. The van der Waals surface area contributed by atoms with Crippen LogP contribution in [0.25, 0.3) is 0 Å². The van der Waals surface area contributed by atoms with Crippen molar-refractivity contribution < 1.29 is 13.5 Å². The molecule has 6 heteroatoms. The van der Waals surface area contributed by atoms with E-state index in [1.807, 2.05) is 0 Å². The second kappa shape index (κ2) is 4.56. The normalized spacial score (nSPS) is 10.2. The highest BCUT2D eigenvalue weighted by atomic mass is 19.3. The molecular weight excluding hydrogens is 180 g/mol. The van der Waals surface area contributed by atoms with Gasteiger partial charge in [-0.2, -0.15) is 0 Å². The SMILES string of the molecule is NNc1cc(OCC(F)F)ccn1. The molecule has 1 heterocycles. The third-order valence-electron chi connectivity index (χ3n) is 1.26. The van der Waals surface area contributed by atoms with Gasteiger partial charge in [0.05, 0.1) is 0 Å². The molecule has 0 aromatic carbocycles. The number of aromatic nitrogens is 1. The number of alkyl halides is 2. The van der Waals surface area contributed by atoms with E-state index in [2.05, 4.69) is 10.4 Å². The first kappa shape index (κ1) is 9.66. The van der Waals surface area contributed by atoms with E-state index in [-0.39, 0.29) is 0 Å². The summed E-state index contributed by atoms with van der Waals surface area (Å²) in [4.78, 5) is 3.78. The molecule has 0 amide bonds. The van der Waals surface area contributed by atoms with Gasteiger partial charge in [0.25, 0.3) is 6.43 Å². The molecule has 13 heavy (non-hydrogen) atoms. The molecule has 0 spiro atoms. The van der Waals surface area contributed by atoms with Gasteiger partial charge >= 0.3 is 0 Å². The molecule has 1 aromatic heterocycles. The second-order valence-electron chi connectivity index (χ2n) is 2.22. The number of nitrogens with two attached hydrogens (primary N) is 1. The number of halogens is 2. The Morgan fingerprint density at radius 2 is 2.38 bits per heavy atom. The molecule has 0 bridgehead atoms. The summed E-state index contributed by atoms with van der Waals surface area (Å²) in [5.74, 6) is 5.73. The van der Waals surface area contributed by atoms with Crippen molar-refractivity contribution >= 4 is 5.82 Å². The molecule has 1 rings (SSSR count). The fraction of sp³-hybridized carbons (Fsp3) is 0.286. The van der Waals surface area contributed by atoms with Crippen molar-refractivity contribution in [2.75, 3.05) is 12.0 Å². The molecule has 0 unspecified atom stereocenters. The lowest BCUT2D eigenvalue weighted by molar-refractivity contribution is 0.0819. The van der Waals surface area contributed by atoms with Crippen LogP contribution in [-0.2, 0) is 0 Å². The van der Waals surface area contributed by atoms with Crippen molar-refractivity contribution in [3.05, 3.63) is 18.3 Å². The Hall–Kier alpha value is -1.43. The van der Waals surface area contributed by atoms with Crippen LogP contribution in [-0.4, -0.2) is 18.0 Å². The maximum Gasteiger partial charge on any atom is 0.272 e. The number of ether oxygens (including phenoxy) is 1. The lowest BCUT2D eigenvalue weighted by Crippen LogP contribution is -2.10. The molecule has 0 saturated carbocycles. The molecule has 0 aliphatic rings. The molecular formula is C7H9F2N3O. The van der Waals surface area contributed by atoms with Gasteiger partial charge < -0.3 is 10.2 Å². The standard InChI is InChI=1S/C7H9F2N3O/c8-6(9)4-13-5-1-2-11-7(3-5)12-10/h1-3,6H,4,10H2,(H,11,12). The largest absolute Gasteiger partial charge is 0.487 e. The predicted octanol–water partition coefficient (Wildman–Crippen LogP) is 1.01. The number of hydrogen-bond acceptors (Lipinski definition) is 4. The topological polar surface area (TPSA) is 60.2 Å². The van der Waals surface area contributed by atoms with E-state index < -0.39 is 13.0 Å². The summed E-state index contributed by atoms with van der Waals surface area (Å²) in [5.41, 5.74) is 2.28. The summed E-state index contributed by atoms with van der Waals surface area (Å²) >= 11 is 0. The summed E-state index contributed by atoms with van der Waals surface area (Å²) in [6, 6.07) is 2.91. The predicted molar refractivity (Wildman–Crippen MR) is 43.5 cm³/mol. The fourth-order valence-corrected chi connectivity index (χ4v) is 0.739.